The predicted octanol–water partition coefficient (Wildman–Crippen LogP) is 2.36. The topological polar surface area (TPSA) is 38.0 Å². The minimum atomic E-state index is 0.440. The first kappa shape index (κ1) is 11.9. The van der Waals surface area contributed by atoms with E-state index in [9.17, 15) is 0 Å². The zero-order chi connectivity index (χ0) is 10.4. The summed E-state index contributed by atoms with van der Waals surface area (Å²) in [6.07, 6.45) is 9.02. The van der Waals surface area contributed by atoms with Gasteiger partial charge in [-0.05, 0) is 19.8 Å². The van der Waals surface area contributed by atoms with Gasteiger partial charge in [-0.15, -0.1) is 0 Å². The molecule has 0 aliphatic heterocycles. The summed E-state index contributed by atoms with van der Waals surface area (Å²) in [5, 5.41) is 3.62. The molecule has 1 fully saturated rings. The van der Waals surface area contributed by atoms with E-state index in [1.807, 2.05) is 0 Å². The average molecular weight is 214 g/mol. The predicted molar refractivity (Wildman–Crippen MR) is 65.5 cm³/mol. The van der Waals surface area contributed by atoms with E-state index in [-0.39, 0.29) is 0 Å². The summed E-state index contributed by atoms with van der Waals surface area (Å²) < 4.78 is 0. The highest BCUT2D eigenvalue weighted by molar-refractivity contribution is 7.80. The molecule has 1 rings (SSSR count). The normalized spacial score (nSPS) is 21.5. The molecule has 0 amide bonds. The Morgan fingerprint density at radius 2 is 1.93 bits per heavy atom. The molecule has 0 bridgehead atoms. The molecule has 0 spiro atoms. The van der Waals surface area contributed by atoms with Crippen LogP contribution < -0.4 is 11.1 Å². The van der Waals surface area contributed by atoms with Gasteiger partial charge in [0.05, 0.1) is 4.99 Å². The molecular weight excluding hydrogens is 192 g/mol. The first-order chi connectivity index (χ1) is 6.68. The van der Waals surface area contributed by atoms with Gasteiger partial charge in [0.25, 0.3) is 0 Å². The highest BCUT2D eigenvalue weighted by Crippen LogP contribution is 2.17. The van der Waals surface area contributed by atoms with Gasteiger partial charge in [-0.25, -0.2) is 0 Å². The van der Waals surface area contributed by atoms with Crippen LogP contribution in [0.2, 0.25) is 0 Å². The highest BCUT2D eigenvalue weighted by atomic mass is 32.1. The van der Waals surface area contributed by atoms with Crippen LogP contribution in [0.15, 0.2) is 0 Å². The third-order valence-corrected chi connectivity index (χ3v) is 3.05. The molecule has 3 N–H and O–H groups in total. The minimum absolute atomic E-state index is 0.440. The van der Waals surface area contributed by atoms with E-state index >= 15 is 0 Å². The Hall–Kier alpha value is -0.150. The van der Waals surface area contributed by atoms with Gasteiger partial charge in [0, 0.05) is 18.5 Å². The van der Waals surface area contributed by atoms with E-state index in [0.717, 1.165) is 6.42 Å². The molecule has 1 atom stereocenters. The van der Waals surface area contributed by atoms with Crippen molar-refractivity contribution in [2.24, 2.45) is 5.73 Å². The largest absolute Gasteiger partial charge is 0.393 e. The molecular formula is C11H22N2S. The second-order valence-corrected chi connectivity index (χ2v) is 4.95. The molecule has 14 heavy (non-hydrogen) atoms. The lowest BCUT2D eigenvalue weighted by molar-refractivity contribution is 0.413. The Labute approximate surface area is 92.6 Å². The van der Waals surface area contributed by atoms with Crippen LogP contribution >= 0.6 is 12.2 Å². The fraction of sp³-hybridized carbons (Fsp3) is 0.909. The van der Waals surface area contributed by atoms with Crippen LogP contribution in [0.5, 0.6) is 0 Å². The fourth-order valence-corrected chi connectivity index (χ4v) is 2.46. The average Bonchev–Trinajstić information content (AvgIpc) is 2.31. The van der Waals surface area contributed by atoms with E-state index in [1.165, 1.54) is 38.5 Å². The molecule has 1 aliphatic carbocycles. The lowest BCUT2D eigenvalue weighted by Crippen LogP contribution is -2.38. The highest BCUT2D eigenvalue weighted by Gasteiger charge is 2.14. The smallest absolute Gasteiger partial charge is 0.0742 e. The van der Waals surface area contributed by atoms with Crippen molar-refractivity contribution in [3.05, 3.63) is 0 Å². The van der Waals surface area contributed by atoms with Gasteiger partial charge in [-0.1, -0.05) is 37.9 Å². The Bertz CT molecular complexity index is 174. The van der Waals surface area contributed by atoms with Crippen molar-refractivity contribution in [3.63, 3.8) is 0 Å². The summed E-state index contributed by atoms with van der Waals surface area (Å²) in [7, 11) is 0. The molecule has 1 aliphatic rings. The summed E-state index contributed by atoms with van der Waals surface area (Å²) in [5.41, 5.74) is 5.52. The number of nitrogens with two attached hydrogens (primary N) is 1. The number of rotatable bonds is 4. The zero-order valence-electron chi connectivity index (χ0n) is 9.09. The SMILES string of the molecule is CC(CC(N)=S)NC1CCCCCC1. The third-order valence-electron chi connectivity index (χ3n) is 2.88. The van der Waals surface area contributed by atoms with Crippen molar-refractivity contribution in [1.82, 2.24) is 5.32 Å². The Morgan fingerprint density at radius 3 is 2.43 bits per heavy atom. The lowest BCUT2D eigenvalue weighted by atomic mass is 10.1. The molecule has 1 saturated carbocycles. The van der Waals surface area contributed by atoms with Crippen molar-refractivity contribution in [3.8, 4) is 0 Å². The van der Waals surface area contributed by atoms with E-state index in [0.29, 0.717) is 17.1 Å². The molecule has 2 nitrogen and oxygen atoms in total. The first-order valence-electron chi connectivity index (χ1n) is 5.73. The minimum Gasteiger partial charge on any atom is -0.393 e. The molecule has 3 heteroatoms. The van der Waals surface area contributed by atoms with E-state index in [1.54, 1.807) is 0 Å². The van der Waals surface area contributed by atoms with Gasteiger partial charge in [0.15, 0.2) is 0 Å². The summed E-state index contributed by atoms with van der Waals surface area (Å²) in [4.78, 5) is 0.624. The van der Waals surface area contributed by atoms with Crippen molar-refractivity contribution >= 4 is 17.2 Å². The Morgan fingerprint density at radius 1 is 1.36 bits per heavy atom. The maximum Gasteiger partial charge on any atom is 0.0742 e. The molecule has 82 valence electrons. The van der Waals surface area contributed by atoms with Gasteiger partial charge in [-0.2, -0.15) is 0 Å². The van der Waals surface area contributed by atoms with Crippen LogP contribution in [0.4, 0.5) is 0 Å². The third kappa shape index (κ3) is 4.91. The lowest BCUT2D eigenvalue weighted by Gasteiger charge is -2.21. The monoisotopic (exact) mass is 214 g/mol. The van der Waals surface area contributed by atoms with Crippen LogP contribution in [0, 0.1) is 0 Å². The van der Waals surface area contributed by atoms with Gasteiger partial charge in [0.2, 0.25) is 0 Å². The van der Waals surface area contributed by atoms with Crippen LogP contribution in [0.25, 0.3) is 0 Å². The molecule has 1 unspecified atom stereocenters. The molecule has 0 heterocycles. The molecule has 0 aromatic rings. The molecule has 0 radical (unpaired) electrons. The van der Waals surface area contributed by atoms with Crippen molar-refractivity contribution in [2.75, 3.05) is 0 Å². The first-order valence-corrected chi connectivity index (χ1v) is 6.13. The quantitative estimate of drug-likeness (QED) is 0.557. The maximum atomic E-state index is 5.52. The molecule has 0 aromatic heterocycles. The molecule has 0 aromatic carbocycles. The van der Waals surface area contributed by atoms with Gasteiger partial charge >= 0.3 is 0 Å². The van der Waals surface area contributed by atoms with E-state index < -0.39 is 0 Å². The van der Waals surface area contributed by atoms with Crippen molar-refractivity contribution < 1.29 is 0 Å². The van der Waals surface area contributed by atoms with Crippen LogP contribution in [-0.2, 0) is 0 Å². The van der Waals surface area contributed by atoms with E-state index in [4.69, 9.17) is 18.0 Å². The van der Waals surface area contributed by atoms with Gasteiger partial charge < -0.3 is 11.1 Å². The number of hydrogen-bond donors (Lipinski definition) is 2. The second kappa shape index (κ2) is 6.36. The summed E-state index contributed by atoms with van der Waals surface area (Å²) >= 11 is 4.90. The summed E-state index contributed by atoms with van der Waals surface area (Å²) in [6.45, 7) is 2.17. The molecule has 0 saturated heterocycles. The van der Waals surface area contributed by atoms with Crippen molar-refractivity contribution in [1.29, 1.82) is 0 Å². The van der Waals surface area contributed by atoms with Crippen LogP contribution in [-0.4, -0.2) is 17.1 Å². The van der Waals surface area contributed by atoms with Crippen LogP contribution in [0.3, 0.4) is 0 Å². The van der Waals surface area contributed by atoms with Gasteiger partial charge in [-0.3, -0.25) is 0 Å². The number of thiocarbonyl (C=S) groups is 1. The fourth-order valence-electron chi connectivity index (χ4n) is 2.21. The Kier molecular flexibility index (Phi) is 5.41. The van der Waals surface area contributed by atoms with Crippen LogP contribution in [0.1, 0.15) is 51.9 Å². The summed E-state index contributed by atoms with van der Waals surface area (Å²) in [6, 6.07) is 1.14. The van der Waals surface area contributed by atoms with E-state index in [2.05, 4.69) is 12.2 Å². The number of nitrogens with one attached hydrogen (secondary N) is 1. The maximum absolute atomic E-state index is 5.52. The second-order valence-electron chi connectivity index (χ2n) is 4.43. The standard InChI is InChI=1S/C11H22N2S/c1-9(8-11(12)14)13-10-6-4-2-3-5-7-10/h9-10,13H,2-8H2,1H3,(H2,12,14). The summed E-state index contributed by atoms with van der Waals surface area (Å²) in [5.74, 6) is 0. The van der Waals surface area contributed by atoms with Crippen molar-refractivity contribution in [2.45, 2.75) is 64.0 Å². The Balaban J connectivity index is 2.23. The van der Waals surface area contributed by atoms with Gasteiger partial charge in [0.1, 0.15) is 0 Å². The zero-order valence-corrected chi connectivity index (χ0v) is 9.91. The number of hydrogen-bond acceptors (Lipinski definition) is 2.